The Bertz CT molecular complexity index is 828. The van der Waals surface area contributed by atoms with E-state index in [1.54, 1.807) is 26.0 Å². The molecule has 1 aliphatic rings. The maximum Gasteiger partial charge on any atom is 0.251 e. The number of morpholine rings is 1. The Balaban J connectivity index is 2.17. The molecule has 1 aromatic carbocycles. The maximum atomic E-state index is 13.0. The van der Waals surface area contributed by atoms with Crippen LogP contribution in [0, 0.1) is 5.41 Å². The van der Waals surface area contributed by atoms with Crippen molar-refractivity contribution in [2.45, 2.75) is 44.8 Å². The van der Waals surface area contributed by atoms with Gasteiger partial charge in [-0.1, -0.05) is 6.07 Å². The minimum atomic E-state index is -3.74. The van der Waals surface area contributed by atoms with Crippen molar-refractivity contribution < 1.29 is 22.7 Å². The van der Waals surface area contributed by atoms with Gasteiger partial charge >= 0.3 is 0 Å². The number of carbonyl (C=O) groups is 2. The predicted octanol–water partition coefficient (Wildman–Crippen LogP) is 0.986. The summed E-state index contributed by atoms with van der Waals surface area (Å²) in [4.78, 5) is 24.4. The average Bonchev–Trinajstić information content (AvgIpc) is 2.64. The van der Waals surface area contributed by atoms with Gasteiger partial charge < -0.3 is 15.4 Å². The molecule has 2 N–H and O–H groups in total. The third kappa shape index (κ3) is 5.09. The fourth-order valence-electron chi connectivity index (χ4n) is 3.10. The molecule has 2 rings (SSSR count). The Morgan fingerprint density at radius 1 is 1.21 bits per heavy atom. The van der Waals surface area contributed by atoms with E-state index in [4.69, 9.17) is 4.74 Å². The second-order valence-corrected chi connectivity index (χ2v) is 9.69. The highest BCUT2D eigenvalue weighted by Gasteiger charge is 2.32. The lowest BCUT2D eigenvalue weighted by atomic mass is 9.92. The van der Waals surface area contributed by atoms with E-state index in [0.717, 1.165) is 0 Å². The van der Waals surface area contributed by atoms with Crippen molar-refractivity contribution in [3.05, 3.63) is 29.8 Å². The second kappa shape index (κ2) is 8.59. The van der Waals surface area contributed by atoms with Gasteiger partial charge in [-0.15, -0.1) is 0 Å². The van der Waals surface area contributed by atoms with Gasteiger partial charge in [-0.3, -0.25) is 9.59 Å². The Kier molecular flexibility index (Phi) is 6.84. The molecule has 0 aliphatic carbocycles. The molecule has 0 aromatic heterocycles. The van der Waals surface area contributed by atoms with Crippen LogP contribution in [0.5, 0.6) is 0 Å². The predicted molar refractivity (Wildman–Crippen MR) is 105 cm³/mol. The number of hydrogen-bond acceptors (Lipinski definition) is 5. The van der Waals surface area contributed by atoms with Gasteiger partial charge in [0.25, 0.3) is 5.91 Å². The van der Waals surface area contributed by atoms with E-state index in [1.807, 2.05) is 13.8 Å². The summed E-state index contributed by atoms with van der Waals surface area (Å²) in [5, 5.41) is 5.25. The number of nitrogens with zero attached hydrogens (tertiary/aromatic N) is 1. The molecule has 0 unspecified atom stereocenters. The van der Waals surface area contributed by atoms with Gasteiger partial charge in [0.05, 0.1) is 22.5 Å². The molecule has 1 aromatic rings. The van der Waals surface area contributed by atoms with Gasteiger partial charge in [0.1, 0.15) is 0 Å². The molecule has 0 bridgehead atoms. The summed E-state index contributed by atoms with van der Waals surface area (Å²) in [6.45, 7) is 7.75. The largest absolute Gasteiger partial charge is 0.373 e. The molecule has 156 valence electrons. The topological polar surface area (TPSA) is 105 Å². The van der Waals surface area contributed by atoms with Gasteiger partial charge in [0.15, 0.2) is 0 Å². The molecular formula is C19H29N3O5S. The van der Waals surface area contributed by atoms with Crippen LogP contribution in [0.3, 0.4) is 0 Å². The third-order valence-electron chi connectivity index (χ3n) is 4.65. The van der Waals surface area contributed by atoms with E-state index in [-0.39, 0.29) is 48.2 Å². The number of carbonyl (C=O) groups excluding carboxylic acids is 2. The summed E-state index contributed by atoms with van der Waals surface area (Å²) in [5.41, 5.74) is -0.558. The minimum Gasteiger partial charge on any atom is -0.373 e. The zero-order valence-corrected chi connectivity index (χ0v) is 17.8. The highest BCUT2D eigenvalue weighted by atomic mass is 32.2. The van der Waals surface area contributed by atoms with Crippen LogP contribution in [0.15, 0.2) is 29.2 Å². The van der Waals surface area contributed by atoms with Crippen LogP contribution in [-0.4, -0.2) is 63.4 Å². The molecule has 1 heterocycles. The standard InChI is InChI=1S/C19H29N3O5S/c1-13-10-22(11-14(2)27-13)28(25,26)16-8-6-7-15(9-16)17(23)21-12-19(3,4)18(24)20-5/h6-9,13-14H,10-12H2,1-5H3,(H,20,24)(H,21,23)/t13-,14-/m0/s1. The molecule has 0 saturated carbocycles. The molecule has 1 fully saturated rings. The van der Waals surface area contributed by atoms with Crippen LogP contribution < -0.4 is 10.6 Å². The normalized spacial score (nSPS) is 21.2. The smallest absolute Gasteiger partial charge is 0.251 e. The average molecular weight is 412 g/mol. The molecule has 9 heteroatoms. The lowest BCUT2D eigenvalue weighted by Gasteiger charge is -2.34. The Morgan fingerprint density at radius 3 is 2.39 bits per heavy atom. The molecule has 1 aliphatic heterocycles. The van der Waals surface area contributed by atoms with Crippen LogP contribution in [0.25, 0.3) is 0 Å². The molecule has 2 atom stereocenters. The SMILES string of the molecule is CNC(=O)C(C)(C)CNC(=O)c1cccc(S(=O)(=O)N2C[C@H](C)O[C@@H](C)C2)c1. The third-order valence-corrected chi connectivity index (χ3v) is 6.48. The van der Waals surface area contributed by atoms with Crippen LogP contribution in [-0.2, 0) is 19.6 Å². The summed E-state index contributed by atoms with van der Waals surface area (Å²) >= 11 is 0. The maximum absolute atomic E-state index is 13.0. The zero-order valence-electron chi connectivity index (χ0n) is 17.0. The minimum absolute atomic E-state index is 0.0620. The second-order valence-electron chi connectivity index (χ2n) is 7.75. The van der Waals surface area contributed by atoms with Crippen molar-refractivity contribution in [1.29, 1.82) is 0 Å². The first-order valence-electron chi connectivity index (χ1n) is 9.23. The van der Waals surface area contributed by atoms with Crippen LogP contribution in [0.4, 0.5) is 0 Å². The first-order chi connectivity index (χ1) is 13.0. The Labute approximate surface area is 166 Å². The molecule has 0 radical (unpaired) electrons. The highest BCUT2D eigenvalue weighted by molar-refractivity contribution is 7.89. The Morgan fingerprint density at radius 2 is 1.82 bits per heavy atom. The van der Waals surface area contributed by atoms with Crippen LogP contribution in [0.2, 0.25) is 0 Å². The fourth-order valence-corrected chi connectivity index (χ4v) is 4.73. The number of amides is 2. The quantitative estimate of drug-likeness (QED) is 0.726. The van der Waals surface area contributed by atoms with Crippen molar-refractivity contribution in [1.82, 2.24) is 14.9 Å². The van der Waals surface area contributed by atoms with Crippen LogP contribution >= 0.6 is 0 Å². The molecule has 1 saturated heterocycles. The summed E-state index contributed by atoms with van der Waals surface area (Å²) in [7, 11) is -2.20. The zero-order chi connectivity index (χ0) is 21.1. The molecule has 2 amide bonds. The van der Waals surface area contributed by atoms with E-state index in [9.17, 15) is 18.0 Å². The molecule has 8 nitrogen and oxygen atoms in total. The van der Waals surface area contributed by atoms with Gasteiger partial charge in [0.2, 0.25) is 15.9 Å². The van der Waals surface area contributed by atoms with Gasteiger partial charge in [0, 0.05) is 32.2 Å². The van der Waals surface area contributed by atoms with Gasteiger partial charge in [-0.05, 0) is 45.9 Å². The van der Waals surface area contributed by atoms with E-state index < -0.39 is 21.3 Å². The number of hydrogen-bond donors (Lipinski definition) is 2. The fraction of sp³-hybridized carbons (Fsp3) is 0.579. The van der Waals surface area contributed by atoms with Gasteiger partial charge in [-0.25, -0.2) is 8.42 Å². The van der Waals surface area contributed by atoms with E-state index in [2.05, 4.69) is 10.6 Å². The number of rotatable bonds is 6. The number of ether oxygens (including phenoxy) is 1. The first-order valence-corrected chi connectivity index (χ1v) is 10.7. The monoisotopic (exact) mass is 411 g/mol. The van der Waals surface area contributed by atoms with Crippen molar-refractivity contribution in [3.63, 3.8) is 0 Å². The number of benzene rings is 1. The molecular weight excluding hydrogens is 382 g/mol. The number of sulfonamides is 1. The lowest BCUT2D eigenvalue weighted by molar-refractivity contribution is -0.128. The summed E-state index contributed by atoms with van der Waals surface area (Å²) in [5.74, 6) is -0.627. The Hall–Kier alpha value is -1.97. The lowest BCUT2D eigenvalue weighted by Crippen LogP contribution is -2.48. The van der Waals surface area contributed by atoms with Crippen LogP contribution in [0.1, 0.15) is 38.1 Å². The summed E-state index contributed by atoms with van der Waals surface area (Å²) in [6, 6.07) is 5.93. The van der Waals surface area contributed by atoms with Crippen molar-refractivity contribution in [2.75, 3.05) is 26.7 Å². The highest BCUT2D eigenvalue weighted by Crippen LogP contribution is 2.22. The van der Waals surface area contributed by atoms with Crippen molar-refractivity contribution in [3.8, 4) is 0 Å². The molecule has 28 heavy (non-hydrogen) atoms. The molecule has 0 spiro atoms. The van der Waals surface area contributed by atoms with E-state index in [1.165, 1.54) is 23.5 Å². The van der Waals surface area contributed by atoms with Crippen molar-refractivity contribution in [2.24, 2.45) is 5.41 Å². The van der Waals surface area contributed by atoms with E-state index in [0.29, 0.717) is 0 Å². The summed E-state index contributed by atoms with van der Waals surface area (Å²) in [6.07, 6.45) is -0.395. The van der Waals surface area contributed by atoms with Crippen molar-refractivity contribution >= 4 is 21.8 Å². The van der Waals surface area contributed by atoms with Gasteiger partial charge in [-0.2, -0.15) is 4.31 Å². The number of nitrogens with one attached hydrogen (secondary N) is 2. The van der Waals surface area contributed by atoms with E-state index >= 15 is 0 Å². The first kappa shape index (κ1) is 22.3. The summed E-state index contributed by atoms with van der Waals surface area (Å²) < 4.78 is 33.0.